The van der Waals surface area contributed by atoms with Crippen LogP contribution in [-0.4, -0.2) is 37.7 Å². The lowest BCUT2D eigenvalue weighted by Crippen LogP contribution is -2.37. The van der Waals surface area contributed by atoms with Crippen molar-refractivity contribution in [2.75, 3.05) is 23.3 Å². The Morgan fingerprint density at radius 2 is 2.19 bits per heavy atom. The maximum Gasteiger partial charge on any atom is 0.229 e. The Morgan fingerprint density at radius 1 is 1.26 bits per heavy atom. The Balaban J connectivity index is 1.50. The number of hydrogen-bond donors (Lipinski definition) is 2. The molecule has 0 amide bonds. The molecule has 1 unspecified atom stereocenters. The van der Waals surface area contributed by atoms with Crippen LogP contribution in [-0.2, 0) is 6.54 Å². The summed E-state index contributed by atoms with van der Waals surface area (Å²) in [7, 11) is 0. The second-order valence-corrected chi connectivity index (χ2v) is 7.08. The van der Waals surface area contributed by atoms with Gasteiger partial charge < -0.3 is 19.9 Å². The summed E-state index contributed by atoms with van der Waals surface area (Å²) in [5, 5.41) is 12.8. The highest BCUT2D eigenvalue weighted by Gasteiger charge is 2.22. The van der Waals surface area contributed by atoms with Gasteiger partial charge in [0, 0.05) is 55.5 Å². The molecule has 0 aliphatic carbocycles. The van der Waals surface area contributed by atoms with E-state index in [4.69, 9.17) is 4.98 Å². The van der Waals surface area contributed by atoms with Crippen LogP contribution in [0.4, 0.5) is 17.5 Å². The number of nitrogens with one attached hydrogen (secondary N) is 1. The van der Waals surface area contributed by atoms with E-state index in [0.29, 0.717) is 11.9 Å². The van der Waals surface area contributed by atoms with E-state index in [1.807, 2.05) is 37.8 Å². The summed E-state index contributed by atoms with van der Waals surface area (Å²) in [4.78, 5) is 15.7. The molecule has 1 fully saturated rings. The van der Waals surface area contributed by atoms with Crippen molar-refractivity contribution in [3.8, 4) is 5.75 Å². The third-order valence-electron chi connectivity index (χ3n) is 4.81. The molecular formula is C20H24N6O. The van der Waals surface area contributed by atoms with Gasteiger partial charge in [-0.1, -0.05) is 6.07 Å². The van der Waals surface area contributed by atoms with Gasteiger partial charge in [-0.25, -0.2) is 9.97 Å². The van der Waals surface area contributed by atoms with Crippen molar-refractivity contribution in [3.63, 3.8) is 0 Å². The first-order valence-corrected chi connectivity index (χ1v) is 9.28. The molecule has 0 saturated carbocycles. The number of aromatic hydroxyl groups is 1. The zero-order chi connectivity index (χ0) is 18.6. The van der Waals surface area contributed by atoms with Crippen LogP contribution in [0.1, 0.15) is 18.5 Å². The number of aryl methyl sites for hydroxylation is 1. The van der Waals surface area contributed by atoms with Gasteiger partial charge in [0.1, 0.15) is 11.6 Å². The third-order valence-corrected chi connectivity index (χ3v) is 4.81. The van der Waals surface area contributed by atoms with Crippen LogP contribution in [0.5, 0.6) is 5.75 Å². The lowest BCUT2D eigenvalue weighted by Gasteiger charge is -2.34. The second kappa shape index (κ2) is 7.65. The average Bonchev–Trinajstić information content (AvgIpc) is 3.14. The molecular weight excluding hydrogens is 340 g/mol. The summed E-state index contributed by atoms with van der Waals surface area (Å²) >= 11 is 0. The van der Waals surface area contributed by atoms with E-state index in [9.17, 15) is 5.11 Å². The number of hydrogen-bond acceptors (Lipinski definition) is 6. The molecule has 27 heavy (non-hydrogen) atoms. The van der Waals surface area contributed by atoms with E-state index < -0.39 is 0 Å². The molecule has 1 aliphatic heterocycles. The Morgan fingerprint density at radius 3 is 3.00 bits per heavy atom. The van der Waals surface area contributed by atoms with Gasteiger partial charge in [0.05, 0.1) is 6.33 Å². The van der Waals surface area contributed by atoms with Crippen molar-refractivity contribution >= 4 is 17.5 Å². The van der Waals surface area contributed by atoms with Crippen molar-refractivity contribution in [2.45, 2.75) is 26.3 Å². The van der Waals surface area contributed by atoms with Gasteiger partial charge in [0.15, 0.2) is 0 Å². The first-order valence-electron chi connectivity index (χ1n) is 9.28. The molecule has 3 aromatic rings. The maximum absolute atomic E-state index is 9.64. The van der Waals surface area contributed by atoms with Crippen LogP contribution in [0.2, 0.25) is 0 Å². The molecule has 140 valence electrons. The molecule has 0 spiro atoms. The molecule has 1 saturated heterocycles. The van der Waals surface area contributed by atoms with Gasteiger partial charge in [0.2, 0.25) is 5.95 Å². The molecule has 7 heteroatoms. The van der Waals surface area contributed by atoms with E-state index in [1.165, 1.54) is 6.42 Å². The molecule has 4 rings (SSSR count). The second-order valence-electron chi connectivity index (χ2n) is 7.08. The van der Waals surface area contributed by atoms with Gasteiger partial charge in [-0.3, -0.25) is 0 Å². The van der Waals surface area contributed by atoms with Crippen molar-refractivity contribution in [1.29, 1.82) is 0 Å². The predicted octanol–water partition coefficient (Wildman–Crippen LogP) is 3.35. The van der Waals surface area contributed by atoms with E-state index in [1.54, 1.807) is 18.2 Å². The van der Waals surface area contributed by atoms with Gasteiger partial charge in [-0.15, -0.1) is 0 Å². The topological polar surface area (TPSA) is 79.1 Å². The lowest BCUT2D eigenvalue weighted by molar-refractivity contribution is 0.365. The van der Waals surface area contributed by atoms with Crippen LogP contribution in [0, 0.1) is 12.8 Å². The molecule has 0 bridgehead atoms. The van der Waals surface area contributed by atoms with Crippen LogP contribution >= 0.6 is 0 Å². The zero-order valence-corrected chi connectivity index (χ0v) is 15.4. The number of rotatable bonds is 5. The number of phenols is 1. The van der Waals surface area contributed by atoms with E-state index in [2.05, 4.69) is 24.8 Å². The first kappa shape index (κ1) is 17.3. The monoisotopic (exact) mass is 364 g/mol. The van der Waals surface area contributed by atoms with Crippen molar-refractivity contribution in [1.82, 2.24) is 19.5 Å². The zero-order valence-electron chi connectivity index (χ0n) is 15.4. The number of aromatic nitrogens is 4. The molecule has 7 nitrogen and oxygen atoms in total. The molecule has 1 aliphatic rings. The van der Waals surface area contributed by atoms with Crippen LogP contribution < -0.4 is 10.2 Å². The Bertz CT molecular complexity index is 895. The highest BCUT2D eigenvalue weighted by atomic mass is 16.3. The fourth-order valence-electron chi connectivity index (χ4n) is 3.60. The summed E-state index contributed by atoms with van der Waals surface area (Å²) in [6.45, 7) is 4.93. The Hall–Kier alpha value is -3.09. The fraction of sp³-hybridized carbons (Fsp3) is 0.350. The van der Waals surface area contributed by atoms with Crippen LogP contribution in [0.3, 0.4) is 0 Å². The predicted molar refractivity (Wildman–Crippen MR) is 105 cm³/mol. The lowest BCUT2D eigenvalue weighted by atomic mass is 9.98. The summed E-state index contributed by atoms with van der Waals surface area (Å²) in [5.41, 5.74) is 1.68. The van der Waals surface area contributed by atoms with Crippen LogP contribution in [0.15, 0.2) is 49.1 Å². The molecule has 1 aromatic carbocycles. The summed E-state index contributed by atoms with van der Waals surface area (Å²) in [6.07, 6.45) is 8.09. The van der Waals surface area contributed by atoms with E-state index in [0.717, 1.165) is 43.3 Å². The van der Waals surface area contributed by atoms with Crippen molar-refractivity contribution < 1.29 is 5.11 Å². The summed E-state index contributed by atoms with van der Waals surface area (Å²) in [5.74, 6) is 2.28. The first-order chi connectivity index (χ1) is 13.2. The number of imidazole rings is 1. The van der Waals surface area contributed by atoms with Gasteiger partial charge in [-0.2, -0.15) is 4.98 Å². The van der Waals surface area contributed by atoms with Gasteiger partial charge in [-0.05, 0) is 37.8 Å². The van der Waals surface area contributed by atoms with Crippen LogP contribution in [0.25, 0.3) is 0 Å². The third kappa shape index (κ3) is 4.36. The number of anilines is 3. The fourth-order valence-corrected chi connectivity index (χ4v) is 3.60. The Labute approximate surface area is 158 Å². The minimum atomic E-state index is 0.214. The number of phenolic OH excluding ortho intramolecular Hbond substituents is 1. The molecule has 2 aromatic heterocycles. The minimum Gasteiger partial charge on any atom is -0.508 e. The summed E-state index contributed by atoms with van der Waals surface area (Å²) < 4.78 is 2.15. The normalized spacial score (nSPS) is 17.1. The standard InChI is InChI=1S/C20H24N6O/c1-15-10-19(24-20(22-15)23-17-5-2-6-18(27)11-17)26-8-3-4-16(13-26)12-25-9-7-21-14-25/h2,5-7,9-11,14,16,27H,3-4,8,12-13H2,1H3,(H,22,23,24). The Kier molecular flexibility index (Phi) is 4.91. The number of piperidine rings is 1. The molecule has 1 atom stereocenters. The average molecular weight is 364 g/mol. The smallest absolute Gasteiger partial charge is 0.229 e. The van der Waals surface area contributed by atoms with E-state index >= 15 is 0 Å². The maximum atomic E-state index is 9.64. The highest BCUT2D eigenvalue weighted by molar-refractivity contribution is 5.57. The minimum absolute atomic E-state index is 0.214. The molecule has 2 N–H and O–H groups in total. The molecule has 0 radical (unpaired) electrons. The van der Waals surface area contributed by atoms with Gasteiger partial charge >= 0.3 is 0 Å². The van der Waals surface area contributed by atoms with Crippen molar-refractivity contribution in [2.24, 2.45) is 5.92 Å². The summed E-state index contributed by atoms with van der Waals surface area (Å²) in [6, 6.07) is 9.01. The largest absolute Gasteiger partial charge is 0.508 e. The molecule has 3 heterocycles. The number of benzene rings is 1. The highest BCUT2D eigenvalue weighted by Crippen LogP contribution is 2.25. The number of nitrogens with zero attached hydrogens (tertiary/aromatic N) is 5. The SMILES string of the molecule is Cc1cc(N2CCCC(Cn3ccnc3)C2)nc(Nc2cccc(O)c2)n1. The van der Waals surface area contributed by atoms with Crippen molar-refractivity contribution in [3.05, 3.63) is 54.7 Å². The van der Waals surface area contributed by atoms with Gasteiger partial charge in [0.25, 0.3) is 0 Å². The van der Waals surface area contributed by atoms with E-state index in [-0.39, 0.29) is 5.75 Å². The quantitative estimate of drug-likeness (QED) is 0.723.